The van der Waals surface area contributed by atoms with Crippen LogP contribution in [0.3, 0.4) is 0 Å². The summed E-state index contributed by atoms with van der Waals surface area (Å²) >= 11 is 6.54. The van der Waals surface area contributed by atoms with E-state index in [0.29, 0.717) is 39.1 Å². The fourth-order valence-electron chi connectivity index (χ4n) is 4.45. The second-order valence-electron chi connectivity index (χ2n) is 8.80. The maximum atomic E-state index is 13.1. The Balaban J connectivity index is 1.24. The quantitative estimate of drug-likeness (QED) is 0.404. The van der Waals surface area contributed by atoms with E-state index < -0.39 is 15.8 Å². The molecule has 4 heterocycles. The Morgan fingerprint density at radius 1 is 1.08 bits per heavy atom. The lowest BCUT2D eigenvalue weighted by Crippen LogP contribution is -2.34. The van der Waals surface area contributed by atoms with Crippen LogP contribution in [0.25, 0.3) is 22.4 Å². The second kappa shape index (κ2) is 9.13. The van der Waals surface area contributed by atoms with Crippen LogP contribution < -0.4 is 4.74 Å². The molecule has 2 saturated heterocycles. The zero-order valence-electron chi connectivity index (χ0n) is 19.2. The van der Waals surface area contributed by atoms with E-state index in [4.69, 9.17) is 25.8 Å². The van der Waals surface area contributed by atoms with Gasteiger partial charge in [0.2, 0.25) is 0 Å². The Kier molecular flexibility index (Phi) is 5.93. The minimum atomic E-state index is -2.57. The van der Waals surface area contributed by atoms with E-state index >= 15 is 0 Å². The van der Waals surface area contributed by atoms with Gasteiger partial charge in [0.1, 0.15) is 23.8 Å². The summed E-state index contributed by atoms with van der Waals surface area (Å²) in [5.41, 5.74) is 3.02. The number of H-pyrrole nitrogens is 1. The summed E-state index contributed by atoms with van der Waals surface area (Å²) in [6.07, 6.45) is -0.141. The van der Waals surface area contributed by atoms with Crippen molar-refractivity contribution in [3.8, 4) is 17.3 Å². The van der Waals surface area contributed by atoms with Crippen LogP contribution in [0.1, 0.15) is 0 Å². The van der Waals surface area contributed by atoms with Crippen LogP contribution in [-0.2, 0) is 19.2 Å². The van der Waals surface area contributed by atoms with Crippen molar-refractivity contribution in [2.45, 2.75) is 29.3 Å². The predicted octanol–water partition coefficient (Wildman–Crippen LogP) is 3.97. The minimum Gasteiger partial charge on any atom is -0.456 e. The number of hydrogen-bond acceptors (Lipinski definition) is 8. The molecule has 0 bridgehead atoms. The van der Waals surface area contributed by atoms with Gasteiger partial charge in [0.25, 0.3) is 6.01 Å². The lowest BCUT2D eigenvalue weighted by Gasteiger charge is -2.15. The number of aliphatic hydroxyl groups is 1. The summed E-state index contributed by atoms with van der Waals surface area (Å²) in [6, 6.07) is 18.4. The number of fused-ring (bicyclic) bond motifs is 2. The fraction of sp³-hybridized carbons (Fsp3) is 0.280. The van der Waals surface area contributed by atoms with Gasteiger partial charge in [-0.15, -0.1) is 0 Å². The van der Waals surface area contributed by atoms with Crippen molar-refractivity contribution in [1.29, 1.82) is 0 Å². The van der Waals surface area contributed by atoms with E-state index in [2.05, 4.69) is 19.3 Å². The Hall–Kier alpha value is -3.02. The molecule has 2 N–H and O–H groups in total. The molecule has 2 aromatic carbocycles. The maximum absolute atomic E-state index is 13.1. The van der Waals surface area contributed by atoms with Gasteiger partial charge in [-0.2, -0.15) is 9.35 Å². The van der Waals surface area contributed by atoms with Gasteiger partial charge in [0.15, 0.2) is 11.8 Å². The molecule has 0 saturated carbocycles. The molecule has 2 aromatic heterocycles. The first kappa shape index (κ1) is 23.4. The molecule has 11 heteroatoms. The van der Waals surface area contributed by atoms with Crippen molar-refractivity contribution in [2.24, 2.45) is 4.36 Å². The van der Waals surface area contributed by atoms with Gasteiger partial charge in [0.05, 0.1) is 39.3 Å². The number of rotatable bonds is 5. The molecule has 2 aliphatic heterocycles. The third kappa shape index (κ3) is 4.35. The monoisotopic (exact) mass is 526 g/mol. The standard InChI is InChI=1S/C25H23ClN4O5S/c1-36(32,16-5-3-2-4-6-16)30-15-9-7-14(8-10-15)21-17(26)11-18-24(28-21)29-25(27-18)35-20-13-34-22-19(31)12-33-23(20)22/h2-11,19-20,22-23,31H,12-13H2,1H3,(H,27,28,29)/t19-,20-,22?,23?,36+/m1/s1. The van der Waals surface area contributed by atoms with Gasteiger partial charge in [-0.1, -0.05) is 41.9 Å². The molecular formula is C25H23ClN4O5S. The molecule has 6 rings (SSSR count). The molecule has 2 unspecified atom stereocenters. The van der Waals surface area contributed by atoms with Crippen LogP contribution in [0.15, 0.2) is 69.9 Å². The van der Waals surface area contributed by atoms with Crippen molar-refractivity contribution in [1.82, 2.24) is 15.0 Å². The molecule has 0 aliphatic carbocycles. The topological polar surface area (TPSA) is 119 Å². The molecule has 4 aromatic rings. The zero-order chi connectivity index (χ0) is 24.9. The Bertz CT molecular complexity index is 1540. The molecule has 5 atom stereocenters. The van der Waals surface area contributed by atoms with Gasteiger partial charge in [0, 0.05) is 16.7 Å². The first-order chi connectivity index (χ1) is 17.4. The van der Waals surface area contributed by atoms with E-state index in [1.165, 1.54) is 0 Å². The molecule has 2 fully saturated rings. The van der Waals surface area contributed by atoms with Gasteiger partial charge in [-0.3, -0.25) is 4.98 Å². The van der Waals surface area contributed by atoms with Crippen LogP contribution in [0.2, 0.25) is 5.02 Å². The molecule has 36 heavy (non-hydrogen) atoms. The van der Waals surface area contributed by atoms with Crippen LogP contribution in [0.5, 0.6) is 6.01 Å². The minimum absolute atomic E-state index is 0.226. The molecule has 2 aliphatic rings. The number of benzene rings is 2. The highest BCUT2D eigenvalue weighted by Crippen LogP contribution is 2.33. The molecular weight excluding hydrogens is 504 g/mol. The molecule has 9 nitrogen and oxygen atoms in total. The third-order valence-electron chi connectivity index (χ3n) is 6.25. The molecule has 0 spiro atoms. The van der Waals surface area contributed by atoms with Gasteiger partial charge < -0.3 is 19.3 Å². The van der Waals surface area contributed by atoms with Crippen molar-refractivity contribution in [3.05, 3.63) is 65.7 Å². The largest absolute Gasteiger partial charge is 0.456 e. The van der Waals surface area contributed by atoms with Crippen LogP contribution in [-0.4, -0.2) is 68.2 Å². The van der Waals surface area contributed by atoms with Gasteiger partial charge >= 0.3 is 0 Å². The van der Waals surface area contributed by atoms with Crippen LogP contribution >= 0.6 is 11.6 Å². The number of nitrogens with zero attached hydrogens (tertiary/aromatic N) is 3. The number of imidazole rings is 1. The number of ether oxygens (including phenoxy) is 3. The highest BCUT2D eigenvalue weighted by Gasteiger charge is 2.48. The smallest absolute Gasteiger partial charge is 0.296 e. The number of halogens is 1. The lowest BCUT2D eigenvalue weighted by atomic mass is 10.1. The first-order valence-corrected chi connectivity index (χ1v) is 13.7. The zero-order valence-corrected chi connectivity index (χ0v) is 20.8. The normalized spacial score (nSPS) is 25.0. The number of aliphatic hydroxyl groups excluding tert-OH is 1. The highest BCUT2D eigenvalue weighted by atomic mass is 35.5. The van der Waals surface area contributed by atoms with Crippen molar-refractivity contribution >= 4 is 38.2 Å². The van der Waals surface area contributed by atoms with E-state index in [0.717, 1.165) is 5.56 Å². The summed E-state index contributed by atoms with van der Waals surface area (Å²) in [7, 11) is -2.57. The predicted molar refractivity (Wildman–Crippen MR) is 135 cm³/mol. The van der Waals surface area contributed by atoms with Gasteiger partial charge in [-0.25, -0.2) is 9.19 Å². The Morgan fingerprint density at radius 2 is 1.83 bits per heavy atom. The molecule has 186 valence electrons. The maximum Gasteiger partial charge on any atom is 0.296 e. The fourth-order valence-corrected chi connectivity index (χ4v) is 5.99. The number of pyridine rings is 1. The SMILES string of the molecule is C[S@@](=O)(=Nc1ccc(-c2nc3[nH]c(O[C@@H]4COC5C4OC[C@H]5O)nc3cc2Cl)cc1)c1ccccc1. The van der Waals surface area contributed by atoms with E-state index in [1.807, 2.05) is 42.5 Å². The summed E-state index contributed by atoms with van der Waals surface area (Å²) in [6.45, 7) is 0.526. The Labute approximate surface area is 212 Å². The van der Waals surface area contributed by atoms with Crippen molar-refractivity contribution < 1.29 is 23.5 Å². The highest BCUT2D eigenvalue weighted by molar-refractivity contribution is 7.93. The summed E-state index contributed by atoms with van der Waals surface area (Å²) in [5.74, 6) is 0. The molecule has 0 radical (unpaired) electrons. The van der Waals surface area contributed by atoms with Crippen molar-refractivity contribution in [2.75, 3.05) is 19.5 Å². The average molecular weight is 527 g/mol. The summed E-state index contributed by atoms with van der Waals surface area (Å²) in [4.78, 5) is 12.8. The number of hydrogen-bond donors (Lipinski definition) is 2. The summed E-state index contributed by atoms with van der Waals surface area (Å²) in [5, 5.41) is 10.3. The average Bonchev–Trinajstić information content (AvgIpc) is 3.56. The van der Waals surface area contributed by atoms with Crippen molar-refractivity contribution in [3.63, 3.8) is 0 Å². The van der Waals surface area contributed by atoms with Crippen LogP contribution in [0, 0.1) is 0 Å². The third-order valence-corrected chi connectivity index (χ3v) is 8.24. The summed E-state index contributed by atoms with van der Waals surface area (Å²) < 4.78 is 34.7. The number of aromatic amines is 1. The lowest BCUT2D eigenvalue weighted by molar-refractivity contribution is 0.00706. The second-order valence-corrected chi connectivity index (χ2v) is 11.5. The Morgan fingerprint density at radius 3 is 2.61 bits per heavy atom. The molecule has 0 amide bonds. The van der Waals surface area contributed by atoms with Crippen LogP contribution in [0.4, 0.5) is 5.69 Å². The number of aromatic nitrogens is 3. The van der Waals surface area contributed by atoms with E-state index in [-0.39, 0.29) is 30.9 Å². The van der Waals surface area contributed by atoms with Gasteiger partial charge in [-0.05, 0) is 30.3 Å². The van der Waals surface area contributed by atoms with E-state index in [1.54, 1.807) is 24.5 Å². The number of nitrogens with one attached hydrogen (secondary N) is 1. The first-order valence-electron chi connectivity index (χ1n) is 11.4. The van der Waals surface area contributed by atoms with E-state index in [9.17, 15) is 9.32 Å².